The third-order valence-electron chi connectivity index (χ3n) is 8.17. The van der Waals surface area contributed by atoms with Crippen LogP contribution in [0.2, 0.25) is 25.7 Å². The largest absolute Gasteiger partial charge is 0.461 e. The van der Waals surface area contributed by atoms with Gasteiger partial charge < -0.3 is 9.64 Å². The monoisotopic (exact) mass is 525 g/mol. The van der Waals surface area contributed by atoms with Crippen molar-refractivity contribution < 1.29 is 4.74 Å². The van der Waals surface area contributed by atoms with E-state index in [0.29, 0.717) is 11.3 Å². The van der Waals surface area contributed by atoms with E-state index in [2.05, 4.69) is 89.1 Å². The van der Waals surface area contributed by atoms with Gasteiger partial charge in [-0.05, 0) is 82.3 Å². The Morgan fingerprint density at radius 3 is 2.37 bits per heavy atom. The maximum atomic E-state index is 9.50. The van der Waals surface area contributed by atoms with E-state index in [4.69, 9.17) is 11.3 Å². The van der Waals surface area contributed by atoms with Gasteiger partial charge in [0.05, 0.1) is 12.6 Å². The summed E-state index contributed by atoms with van der Waals surface area (Å²) in [7, 11) is -1.29. The first kappa shape index (κ1) is 28.0. The van der Waals surface area contributed by atoms with E-state index in [1.165, 1.54) is 34.8 Å². The number of ether oxygens (including phenoxy) is 1. The van der Waals surface area contributed by atoms with Crippen molar-refractivity contribution in [3.05, 3.63) is 81.3 Å². The molecule has 0 amide bonds. The first-order valence-electron chi connectivity index (χ1n) is 13.8. The van der Waals surface area contributed by atoms with E-state index in [1.54, 1.807) is 0 Å². The number of hydrogen-bond acceptors (Lipinski definition) is 3. The van der Waals surface area contributed by atoms with Crippen LogP contribution in [0.25, 0.3) is 10.9 Å². The Morgan fingerprint density at radius 2 is 1.76 bits per heavy atom. The number of hydrogen-bond donors (Lipinski definition) is 0. The third kappa shape index (κ3) is 5.55. The quantitative estimate of drug-likeness (QED) is 0.224. The molecule has 1 aromatic carbocycles. The highest BCUT2D eigenvalue weighted by atomic mass is 28.3. The molecule has 0 bridgehead atoms. The van der Waals surface area contributed by atoms with Gasteiger partial charge in [-0.25, -0.2) is 10.1 Å². The van der Waals surface area contributed by atoms with Gasteiger partial charge in [-0.3, -0.25) is 0 Å². The molecule has 0 N–H and O–H groups in total. The smallest absolute Gasteiger partial charge is 0.269 e. The van der Waals surface area contributed by atoms with E-state index in [1.807, 2.05) is 24.3 Å². The minimum absolute atomic E-state index is 0.0862. The molecular formula is C33H43N3OSi. The second kappa shape index (κ2) is 9.62. The van der Waals surface area contributed by atoms with E-state index >= 15 is 0 Å². The molecule has 38 heavy (non-hydrogen) atoms. The van der Waals surface area contributed by atoms with Crippen LogP contribution in [-0.2, 0) is 15.6 Å². The summed E-state index contributed by atoms with van der Waals surface area (Å²) in [5.41, 5.74) is 6.38. The molecule has 200 valence electrons. The molecule has 1 unspecified atom stereocenters. The zero-order valence-corrected chi connectivity index (χ0v) is 25.7. The first-order valence-corrected chi connectivity index (χ1v) is 17.5. The fraction of sp³-hybridized carbons (Fsp3) is 0.515. The van der Waals surface area contributed by atoms with Crippen LogP contribution in [0.5, 0.6) is 0 Å². The van der Waals surface area contributed by atoms with Crippen molar-refractivity contribution in [2.24, 2.45) is 5.41 Å². The molecule has 3 aliphatic heterocycles. The molecule has 0 aromatic heterocycles. The molecule has 0 saturated carbocycles. The molecule has 0 aliphatic carbocycles. The minimum Gasteiger partial charge on any atom is -0.461 e. The second-order valence-corrected chi connectivity index (χ2v) is 19.9. The van der Waals surface area contributed by atoms with Crippen molar-refractivity contribution in [1.29, 1.82) is 5.26 Å². The van der Waals surface area contributed by atoms with E-state index < -0.39 is 8.07 Å². The van der Waals surface area contributed by atoms with Crippen LogP contribution in [0.1, 0.15) is 71.1 Å². The molecule has 0 radical (unpaired) electrons. The van der Waals surface area contributed by atoms with Gasteiger partial charge in [-0.15, -0.1) is 0 Å². The summed E-state index contributed by atoms with van der Waals surface area (Å²) in [6.45, 7) is 30.7. The summed E-state index contributed by atoms with van der Waals surface area (Å²) in [6, 6.07) is 8.12. The zero-order valence-electron chi connectivity index (χ0n) is 24.7. The predicted molar refractivity (Wildman–Crippen MR) is 161 cm³/mol. The Kier molecular flexibility index (Phi) is 7.09. The topological polar surface area (TPSA) is 40.6 Å². The summed E-state index contributed by atoms with van der Waals surface area (Å²) >= 11 is 0. The molecular weight excluding hydrogens is 482 g/mol. The number of rotatable bonds is 4. The highest BCUT2D eigenvalue weighted by Crippen LogP contribution is 2.52. The van der Waals surface area contributed by atoms with Gasteiger partial charge in [0.25, 0.3) is 5.70 Å². The van der Waals surface area contributed by atoms with E-state index in [0.717, 1.165) is 25.3 Å². The first-order chi connectivity index (χ1) is 17.6. The highest BCUT2D eigenvalue weighted by Gasteiger charge is 2.43. The highest BCUT2D eigenvalue weighted by molar-refractivity contribution is 6.76. The maximum Gasteiger partial charge on any atom is 0.269 e. The number of nitrogens with zero attached hydrogens (tertiary/aromatic N) is 3. The molecule has 0 spiro atoms. The van der Waals surface area contributed by atoms with Crippen LogP contribution in [0.4, 0.5) is 5.69 Å². The molecule has 4 nitrogen and oxygen atoms in total. The average Bonchev–Trinajstić information content (AvgIpc) is 2.81. The fourth-order valence-corrected chi connectivity index (χ4v) is 8.98. The lowest BCUT2D eigenvalue weighted by Gasteiger charge is -2.50. The standard InChI is InChI=1S/C33H43N3OSi/c1-31(2,3)29-20-24(28(21-34)35-7)19-25(37-29)12-11-23-17-26-30-27(18-23)33(6,22-38(8,9)10)14-16-36(30)15-13-32(26,4)5/h11-12,17-20H,13-16,22H2,1-6,8-10H3. The van der Waals surface area contributed by atoms with Gasteiger partial charge in [-0.1, -0.05) is 67.3 Å². The molecule has 3 heterocycles. The van der Waals surface area contributed by atoms with E-state index in [9.17, 15) is 5.26 Å². The third-order valence-corrected chi connectivity index (χ3v) is 10.0. The molecule has 4 rings (SSSR count). The average molecular weight is 526 g/mol. The Hall–Kier alpha value is -3.02. The van der Waals surface area contributed by atoms with E-state index in [-0.39, 0.29) is 21.9 Å². The summed E-state index contributed by atoms with van der Waals surface area (Å²) < 4.78 is 6.27. The van der Waals surface area contributed by atoms with Gasteiger partial charge >= 0.3 is 0 Å². The van der Waals surface area contributed by atoms with Crippen LogP contribution < -0.4 is 4.90 Å². The van der Waals surface area contributed by atoms with Crippen LogP contribution in [0.3, 0.4) is 0 Å². The number of anilines is 1. The molecule has 0 saturated heterocycles. The molecule has 3 aliphatic rings. The summed E-state index contributed by atoms with van der Waals surface area (Å²) in [4.78, 5) is 6.08. The Labute approximate surface area is 231 Å². The van der Waals surface area contributed by atoms with Crippen LogP contribution in [0.15, 0.2) is 53.1 Å². The van der Waals surface area contributed by atoms with Crippen molar-refractivity contribution in [2.45, 2.75) is 90.9 Å². The van der Waals surface area contributed by atoms with Gasteiger partial charge in [0.1, 0.15) is 11.5 Å². The molecule has 5 heteroatoms. The minimum atomic E-state index is -1.29. The normalized spacial score (nSPS) is 24.0. The van der Waals surface area contributed by atoms with Crippen LogP contribution in [0, 0.1) is 23.3 Å². The van der Waals surface area contributed by atoms with Gasteiger partial charge in [0.2, 0.25) is 0 Å². The van der Waals surface area contributed by atoms with Crippen molar-refractivity contribution in [3.8, 4) is 6.07 Å². The fourth-order valence-electron chi connectivity index (χ4n) is 6.27. The number of allylic oxidation sites excluding steroid dienone is 6. The summed E-state index contributed by atoms with van der Waals surface area (Å²) in [5, 5.41) is 9.50. The van der Waals surface area contributed by atoms with Crippen molar-refractivity contribution >= 4 is 19.8 Å². The van der Waals surface area contributed by atoms with Crippen LogP contribution in [-0.4, -0.2) is 21.2 Å². The maximum absolute atomic E-state index is 9.50. The SMILES string of the molecule is [C-]#[N+]C(C#N)=C1C=C(C=Cc2cc3c4c(c2)C(C)(C[Si](C)(C)C)CCN4CCC3(C)C)OC(C(C)(C)C)=C1. The summed E-state index contributed by atoms with van der Waals surface area (Å²) in [5.74, 6) is 1.41. The second-order valence-electron chi connectivity index (χ2n) is 14.4. The lowest BCUT2D eigenvalue weighted by atomic mass is 9.69. The zero-order chi connectivity index (χ0) is 28.1. The van der Waals surface area contributed by atoms with Crippen LogP contribution >= 0.6 is 0 Å². The number of benzene rings is 1. The molecule has 1 atom stereocenters. The van der Waals surface area contributed by atoms with Gasteiger partial charge in [0, 0.05) is 32.3 Å². The Bertz CT molecular complexity index is 1330. The van der Waals surface area contributed by atoms with Gasteiger partial charge in [0.15, 0.2) is 0 Å². The predicted octanol–water partition coefficient (Wildman–Crippen LogP) is 8.73. The lowest BCUT2D eigenvalue weighted by molar-refractivity contribution is 0.223. The van der Waals surface area contributed by atoms with Gasteiger partial charge in [-0.2, -0.15) is 0 Å². The molecule has 1 aromatic rings. The van der Waals surface area contributed by atoms with Crippen molar-refractivity contribution in [2.75, 3.05) is 18.0 Å². The summed E-state index contributed by atoms with van der Waals surface area (Å²) in [6.07, 6.45) is 10.1. The molecule has 0 fully saturated rings. The Balaban J connectivity index is 1.82. The van der Waals surface area contributed by atoms with Crippen molar-refractivity contribution in [1.82, 2.24) is 0 Å². The Morgan fingerprint density at radius 1 is 1.11 bits per heavy atom. The lowest BCUT2D eigenvalue weighted by Crippen LogP contribution is -2.47. The van der Waals surface area contributed by atoms with Crippen molar-refractivity contribution in [3.63, 3.8) is 0 Å². The number of nitriles is 1.